The van der Waals surface area contributed by atoms with Crippen molar-refractivity contribution in [3.05, 3.63) is 47.8 Å². The lowest BCUT2D eigenvalue weighted by molar-refractivity contribution is 0.216. The highest BCUT2D eigenvalue weighted by molar-refractivity contribution is 5.44. The molecule has 3 rings (SSSR count). The minimum atomic E-state index is -0.123. The third-order valence-electron chi connectivity index (χ3n) is 4.32. The Hall–Kier alpha value is -1.81. The molecular weight excluding hydrogens is 269 g/mol. The van der Waals surface area contributed by atoms with Gasteiger partial charge in [-0.25, -0.2) is 4.39 Å². The van der Waals surface area contributed by atoms with Gasteiger partial charge in [0.1, 0.15) is 5.83 Å². The van der Waals surface area contributed by atoms with E-state index < -0.39 is 0 Å². The molecule has 1 heterocycles. The zero-order chi connectivity index (χ0) is 14.8. The van der Waals surface area contributed by atoms with Crippen molar-refractivity contribution in [1.29, 1.82) is 0 Å². The van der Waals surface area contributed by atoms with E-state index in [4.69, 9.17) is 9.47 Å². The fraction of sp³-hybridized carbons (Fsp3) is 0.412. The van der Waals surface area contributed by atoms with Gasteiger partial charge in [0.05, 0.1) is 14.2 Å². The van der Waals surface area contributed by atoms with Crippen LogP contribution in [-0.2, 0) is 0 Å². The van der Waals surface area contributed by atoms with Gasteiger partial charge in [-0.15, -0.1) is 0 Å². The second-order valence-electron chi connectivity index (χ2n) is 5.52. The summed E-state index contributed by atoms with van der Waals surface area (Å²) >= 11 is 0. The van der Waals surface area contributed by atoms with Gasteiger partial charge in [-0.1, -0.05) is 12.1 Å². The number of hydrogen-bond donors (Lipinski definition) is 1. The van der Waals surface area contributed by atoms with E-state index in [0.29, 0.717) is 18.0 Å². The minimum Gasteiger partial charge on any atom is -0.493 e. The maximum Gasteiger partial charge on any atom is 0.161 e. The summed E-state index contributed by atoms with van der Waals surface area (Å²) in [4.78, 5) is 0. The van der Waals surface area contributed by atoms with Crippen molar-refractivity contribution in [3.63, 3.8) is 0 Å². The number of allylic oxidation sites excluding steroid dienone is 3. The van der Waals surface area contributed by atoms with E-state index in [1.54, 1.807) is 26.4 Å². The van der Waals surface area contributed by atoms with Crippen molar-refractivity contribution in [1.82, 2.24) is 5.32 Å². The predicted octanol–water partition coefficient (Wildman–Crippen LogP) is 3.54. The first-order valence-electron chi connectivity index (χ1n) is 7.23. The van der Waals surface area contributed by atoms with Gasteiger partial charge < -0.3 is 14.8 Å². The maximum absolute atomic E-state index is 13.0. The molecule has 112 valence electrons. The Kier molecular flexibility index (Phi) is 3.97. The first-order chi connectivity index (χ1) is 10.2. The smallest absolute Gasteiger partial charge is 0.161 e. The first-order valence-corrected chi connectivity index (χ1v) is 7.23. The molecule has 4 heteroatoms. The molecule has 1 aromatic rings. The number of halogens is 1. The minimum absolute atomic E-state index is 0.123. The molecule has 1 aliphatic carbocycles. The Morgan fingerprint density at radius 3 is 2.57 bits per heavy atom. The van der Waals surface area contributed by atoms with Crippen LogP contribution in [0, 0.1) is 5.92 Å². The van der Waals surface area contributed by atoms with E-state index in [0.717, 1.165) is 24.3 Å². The molecule has 21 heavy (non-hydrogen) atoms. The van der Waals surface area contributed by atoms with Crippen LogP contribution in [0.15, 0.2) is 42.3 Å². The van der Waals surface area contributed by atoms with E-state index in [9.17, 15) is 4.39 Å². The largest absolute Gasteiger partial charge is 0.493 e. The van der Waals surface area contributed by atoms with Crippen LogP contribution in [0.25, 0.3) is 0 Å². The Labute approximate surface area is 124 Å². The van der Waals surface area contributed by atoms with E-state index in [1.165, 1.54) is 5.56 Å². The summed E-state index contributed by atoms with van der Waals surface area (Å²) in [5.41, 5.74) is 1.20. The molecule has 3 unspecified atom stereocenters. The van der Waals surface area contributed by atoms with Crippen molar-refractivity contribution in [3.8, 4) is 11.5 Å². The zero-order valence-corrected chi connectivity index (χ0v) is 12.3. The third kappa shape index (κ3) is 2.81. The summed E-state index contributed by atoms with van der Waals surface area (Å²) < 4.78 is 23.6. The van der Waals surface area contributed by atoms with Crippen LogP contribution in [-0.4, -0.2) is 20.3 Å². The fourth-order valence-corrected chi connectivity index (χ4v) is 3.00. The summed E-state index contributed by atoms with van der Waals surface area (Å²) in [6.07, 6.45) is 7.03. The van der Waals surface area contributed by atoms with Crippen molar-refractivity contribution >= 4 is 0 Å². The summed E-state index contributed by atoms with van der Waals surface area (Å²) in [5.74, 6) is 1.76. The average molecular weight is 289 g/mol. The monoisotopic (exact) mass is 289 g/mol. The van der Waals surface area contributed by atoms with Crippen molar-refractivity contribution in [2.45, 2.75) is 24.9 Å². The second-order valence-corrected chi connectivity index (χ2v) is 5.52. The van der Waals surface area contributed by atoms with Crippen LogP contribution in [0.1, 0.15) is 24.4 Å². The molecule has 1 aliphatic heterocycles. The standard InChI is InChI=1S/C17H20FNO2/c1-20-16-8-5-12(9-17(16)21-2)15-10-14(19-15)11-3-6-13(18)7-4-11/h3,5-9,11,14-15,19H,4,10H2,1-2H3. The maximum atomic E-state index is 13.0. The van der Waals surface area contributed by atoms with Gasteiger partial charge >= 0.3 is 0 Å². The van der Waals surface area contributed by atoms with Crippen LogP contribution in [0.2, 0.25) is 0 Å². The van der Waals surface area contributed by atoms with Gasteiger partial charge in [-0.2, -0.15) is 0 Å². The van der Waals surface area contributed by atoms with Crippen molar-refractivity contribution < 1.29 is 13.9 Å². The summed E-state index contributed by atoms with van der Waals surface area (Å²) in [6.45, 7) is 0. The van der Waals surface area contributed by atoms with E-state index in [2.05, 4.69) is 11.4 Å². The molecule has 1 N–H and O–H groups in total. The topological polar surface area (TPSA) is 30.5 Å². The number of rotatable bonds is 4. The lowest BCUT2D eigenvalue weighted by atomic mass is 9.80. The third-order valence-corrected chi connectivity index (χ3v) is 4.32. The molecular formula is C17H20FNO2. The van der Waals surface area contributed by atoms with Gasteiger partial charge in [-0.05, 0) is 48.6 Å². The van der Waals surface area contributed by atoms with E-state index in [1.807, 2.05) is 18.2 Å². The summed E-state index contributed by atoms with van der Waals surface area (Å²) in [7, 11) is 3.28. The molecule has 0 spiro atoms. The highest BCUT2D eigenvalue weighted by Crippen LogP contribution is 2.38. The van der Waals surface area contributed by atoms with Crippen LogP contribution in [0.5, 0.6) is 11.5 Å². The molecule has 3 atom stereocenters. The fourth-order valence-electron chi connectivity index (χ4n) is 3.00. The van der Waals surface area contributed by atoms with Gasteiger partial charge in [0, 0.05) is 12.1 Å². The highest BCUT2D eigenvalue weighted by atomic mass is 19.1. The Bertz CT molecular complexity index is 576. The van der Waals surface area contributed by atoms with Gasteiger partial charge in [0.15, 0.2) is 11.5 Å². The molecule has 2 aliphatic rings. The number of ether oxygens (including phenoxy) is 2. The first kappa shape index (κ1) is 14.1. The lowest BCUT2D eigenvalue weighted by Gasteiger charge is -2.42. The van der Waals surface area contributed by atoms with Crippen LogP contribution < -0.4 is 14.8 Å². The predicted molar refractivity (Wildman–Crippen MR) is 80.3 cm³/mol. The normalized spacial score (nSPS) is 27.8. The van der Waals surface area contributed by atoms with Gasteiger partial charge in [0.25, 0.3) is 0 Å². The quantitative estimate of drug-likeness (QED) is 0.919. The van der Waals surface area contributed by atoms with Gasteiger partial charge in [-0.3, -0.25) is 0 Å². The summed E-state index contributed by atoms with van der Waals surface area (Å²) in [5, 5.41) is 3.57. The molecule has 0 bridgehead atoms. The SMILES string of the molecule is COc1ccc(C2CC(C3C=CC(F)=CC3)N2)cc1OC. The van der Waals surface area contributed by atoms with Crippen molar-refractivity contribution in [2.24, 2.45) is 5.92 Å². The van der Waals surface area contributed by atoms with E-state index >= 15 is 0 Å². The average Bonchev–Trinajstić information content (AvgIpc) is 2.47. The molecule has 1 saturated heterocycles. The highest BCUT2D eigenvalue weighted by Gasteiger charge is 2.34. The molecule has 0 radical (unpaired) electrons. The lowest BCUT2D eigenvalue weighted by Crippen LogP contribution is -2.50. The Morgan fingerprint density at radius 2 is 1.95 bits per heavy atom. The molecule has 1 aromatic carbocycles. The zero-order valence-electron chi connectivity index (χ0n) is 12.3. The summed E-state index contributed by atoms with van der Waals surface area (Å²) in [6, 6.07) is 6.76. The number of hydrogen-bond acceptors (Lipinski definition) is 3. The molecule has 3 nitrogen and oxygen atoms in total. The Balaban J connectivity index is 1.62. The van der Waals surface area contributed by atoms with Crippen LogP contribution in [0.4, 0.5) is 4.39 Å². The number of nitrogens with one attached hydrogen (secondary N) is 1. The number of benzene rings is 1. The molecule has 0 amide bonds. The molecule has 1 fully saturated rings. The second kappa shape index (κ2) is 5.90. The number of methoxy groups -OCH3 is 2. The van der Waals surface area contributed by atoms with E-state index in [-0.39, 0.29) is 5.83 Å². The molecule has 0 aromatic heterocycles. The van der Waals surface area contributed by atoms with Crippen LogP contribution in [0.3, 0.4) is 0 Å². The Morgan fingerprint density at radius 1 is 1.19 bits per heavy atom. The van der Waals surface area contributed by atoms with Crippen LogP contribution >= 0.6 is 0 Å². The molecule has 0 saturated carbocycles. The van der Waals surface area contributed by atoms with Crippen molar-refractivity contribution in [2.75, 3.05) is 14.2 Å². The van der Waals surface area contributed by atoms with Gasteiger partial charge in [0.2, 0.25) is 0 Å².